The van der Waals surface area contributed by atoms with E-state index in [-0.39, 0.29) is 5.54 Å². The Morgan fingerprint density at radius 1 is 1.35 bits per heavy atom. The van der Waals surface area contributed by atoms with Gasteiger partial charge >= 0.3 is 0 Å². The number of aliphatic imine (C=N–C) groups is 1. The molecule has 0 aromatic carbocycles. The topological polar surface area (TPSA) is 41.6 Å². The van der Waals surface area contributed by atoms with Crippen LogP contribution in [0, 0.1) is 11.3 Å². The standard InChI is InChI=1S/C17H33N3/c1-6-13(3)20-15(18)19-12-17(20)10-8-14(9-11-17)16(4,5)7-2/h13-14H,6-12H2,1-5H3,(H2,18,19). The maximum atomic E-state index is 6.18. The van der Waals surface area contributed by atoms with Gasteiger partial charge in [0, 0.05) is 6.04 Å². The highest BCUT2D eigenvalue weighted by molar-refractivity contribution is 5.81. The van der Waals surface area contributed by atoms with E-state index in [1.54, 1.807) is 0 Å². The molecule has 20 heavy (non-hydrogen) atoms. The van der Waals surface area contributed by atoms with Crippen molar-refractivity contribution in [3.63, 3.8) is 0 Å². The van der Waals surface area contributed by atoms with E-state index < -0.39 is 0 Å². The van der Waals surface area contributed by atoms with E-state index >= 15 is 0 Å². The quantitative estimate of drug-likeness (QED) is 0.851. The second-order valence-corrected chi connectivity index (χ2v) is 7.64. The maximum absolute atomic E-state index is 6.18. The van der Waals surface area contributed by atoms with E-state index in [1.165, 1.54) is 32.1 Å². The summed E-state index contributed by atoms with van der Waals surface area (Å²) in [5.74, 6) is 1.64. The highest BCUT2D eigenvalue weighted by atomic mass is 15.4. The van der Waals surface area contributed by atoms with Crippen LogP contribution < -0.4 is 5.73 Å². The van der Waals surface area contributed by atoms with Crippen LogP contribution in [0.25, 0.3) is 0 Å². The maximum Gasteiger partial charge on any atom is 0.192 e. The van der Waals surface area contributed by atoms with Crippen molar-refractivity contribution in [3.05, 3.63) is 0 Å². The minimum absolute atomic E-state index is 0.236. The van der Waals surface area contributed by atoms with Crippen LogP contribution >= 0.6 is 0 Å². The van der Waals surface area contributed by atoms with Gasteiger partial charge in [0.2, 0.25) is 0 Å². The van der Waals surface area contributed by atoms with Gasteiger partial charge in [0.1, 0.15) is 0 Å². The lowest BCUT2D eigenvalue weighted by Gasteiger charge is -2.49. The van der Waals surface area contributed by atoms with E-state index in [4.69, 9.17) is 5.73 Å². The monoisotopic (exact) mass is 279 g/mol. The number of hydrogen-bond donors (Lipinski definition) is 1. The zero-order valence-corrected chi connectivity index (χ0v) is 14.1. The molecule has 0 saturated heterocycles. The summed E-state index contributed by atoms with van der Waals surface area (Å²) in [7, 11) is 0. The van der Waals surface area contributed by atoms with Crippen molar-refractivity contribution in [1.29, 1.82) is 0 Å². The summed E-state index contributed by atoms with van der Waals surface area (Å²) in [6.07, 6.45) is 7.60. The molecular formula is C17H33N3. The van der Waals surface area contributed by atoms with E-state index in [9.17, 15) is 0 Å². The molecular weight excluding hydrogens is 246 g/mol. The largest absolute Gasteiger partial charge is 0.370 e. The fourth-order valence-corrected chi connectivity index (χ4v) is 4.12. The number of nitrogens with zero attached hydrogens (tertiary/aromatic N) is 2. The van der Waals surface area contributed by atoms with Crippen LogP contribution in [0.1, 0.15) is 73.1 Å². The molecule has 0 bridgehead atoms. The molecule has 1 spiro atoms. The van der Waals surface area contributed by atoms with Crippen LogP contribution in [0.15, 0.2) is 4.99 Å². The molecule has 3 nitrogen and oxygen atoms in total. The molecule has 1 heterocycles. The van der Waals surface area contributed by atoms with Crippen molar-refractivity contribution in [2.75, 3.05) is 6.54 Å². The molecule has 1 aliphatic heterocycles. The van der Waals surface area contributed by atoms with Crippen LogP contribution in [0.2, 0.25) is 0 Å². The molecule has 1 fully saturated rings. The smallest absolute Gasteiger partial charge is 0.192 e. The van der Waals surface area contributed by atoms with Crippen LogP contribution in [-0.4, -0.2) is 29.0 Å². The lowest BCUT2D eigenvalue weighted by atomic mass is 9.65. The molecule has 2 aliphatic rings. The van der Waals surface area contributed by atoms with Crippen molar-refractivity contribution >= 4 is 5.96 Å². The van der Waals surface area contributed by atoms with Gasteiger partial charge in [-0.05, 0) is 50.4 Å². The lowest BCUT2D eigenvalue weighted by molar-refractivity contribution is 0.0486. The summed E-state index contributed by atoms with van der Waals surface area (Å²) < 4.78 is 0. The van der Waals surface area contributed by atoms with Gasteiger partial charge in [-0.15, -0.1) is 0 Å². The molecule has 1 saturated carbocycles. The lowest BCUT2D eigenvalue weighted by Crippen LogP contribution is -2.57. The van der Waals surface area contributed by atoms with Crippen LogP contribution in [0.4, 0.5) is 0 Å². The van der Waals surface area contributed by atoms with Crippen LogP contribution in [0.5, 0.6) is 0 Å². The fraction of sp³-hybridized carbons (Fsp3) is 0.941. The summed E-state index contributed by atoms with van der Waals surface area (Å²) >= 11 is 0. The second kappa shape index (κ2) is 5.57. The summed E-state index contributed by atoms with van der Waals surface area (Å²) in [5.41, 5.74) is 6.90. The normalized spacial score (nSPS) is 32.5. The van der Waals surface area contributed by atoms with E-state index in [1.807, 2.05) is 0 Å². The molecule has 0 amide bonds. The first kappa shape index (κ1) is 15.7. The van der Waals surface area contributed by atoms with Gasteiger partial charge in [-0.3, -0.25) is 4.99 Å². The molecule has 116 valence electrons. The first-order valence-corrected chi connectivity index (χ1v) is 8.45. The van der Waals surface area contributed by atoms with Crippen LogP contribution in [-0.2, 0) is 0 Å². The first-order valence-electron chi connectivity index (χ1n) is 8.45. The summed E-state index contributed by atoms with van der Waals surface area (Å²) in [4.78, 5) is 7.04. The van der Waals surface area contributed by atoms with E-state index in [0.29, 0.717) is 11.5 Å². The van der Waals surface area contributed by atoms with Gasteiger partial charge in [0.25, 0.3) is 0 Å². The average Bonchev–Trinajstić information content (AvgIpc) is 2.75. The van der Waals surface area contributed by atoms with Crippen LogP contribution in [0.3, 0.4) is 0 Å². The van der Waals surface area contributed by atoms with E-state index in [0.717, 1.165) is 24.8 Å². The third-order valence-electron chi connectivity index (χ3n) is 6.26. The molecule has 0 radical (unpaired) electrons. The van der Waals surface area contributed by atoms with Crippen molar-refractivity contribution in [2.45, 2.75) is 84.7 Å². The predicted molar refractivity (Wildman–Crippen MR) is 86.8 cm³/mol. The Kier molecular flexibility index (Phi) is 4.36. The molecule has 3 heteroatoms. The Hall–Kier alpha value is -0.730. The van der Waals surface area contributed by atoms with Gasteiger partial charge in [-0.2, -0.15) is 0 Å². The first-order chi connectivity index (χ1) is 9.36. The van der Waals surface area contributed by atoms with Crippen molar-refractivity contribution in [3.8, 4) is 0 Å². The molecule has 1 atom stereocenters. The summed E-state index contributed by atoms with van der Waals surface area (Å²) in [5, 5.41) is 0. The predicted octanol–water partition coefficient (Wildman–Crippen LogP) is 3.78. The molecule has 1 unspecified atom stereocenters. The third-order valence-corrected chi connectivity index (χ3v) is 6.26. The average molecular weight is 279 g/mol. The summed E-state index contributed by atoms with van der Waals surface area (Å²) in [6.45, 7) is 12.6. The molecule has 0 aromatic rings. The Balaban J connectivity index is 2.08. The van der Waals surface area contributed by atoms with E-state index in [2.05, 4.69) is 44.5 Å². The van der Waals surface area contributed by atoms with Gasteiger partial charge in [-0.25, -0.2) is 0 Å². The second-order valence-electron chi connectivity index (χ2n) is 7.64. The molecule has 2 N–H and O–H groups in total. The minimum atomic E-state index is 0.236. The number of guanidine groups is 1. The summed E-state index contributed by atoms with van der Waals surface area (Å²) in [6, 6.07) is 0.511. The minimum Gasteiger partial charge on any atom is -0.370 e. The SMILES string of the molecule is CCC(C)N1C(N)=NCC12CCC(C(C)(C)CC)CC2. The van der Waals surface area contributed by atoms with Crippen molar-refractivity contribution in [1.82, 2.24) is 4.90 Å². The highest BCUT2D eigenvalue weighted by Gasteiger charge is 2.47. The van der Waals surface area contributed by atoms with Gasteiger partial charge < -0.3 is 10.6 Å². The fourth-order valence-electron chi connectivity index (χ4n) is 4.12. The molecule has 2 rings (SSSR count). The van der Waals surface area contributed by atoms with Gasteiger partial charge in [-0.1, -0.05) is 34.1 Å². The van der Waals surface area contributed by atoms with Gasteiger partial charge in [0.05, 0.1) is 12.1 Å². The highest BCUT2D eigenvalue weighted by Crippen LogP contribution is 2.47. The number of nitrogens with two attached hydrogens (primary N) is 1. The third kappa shape index (κ3) is 2.56. The Morgan fingerprint density at radius 3 is 2.45 bits per heavy atom. The Morgan fingerprint density at radius 2 is 1.95 bits per heavy atom. The number of hydrogen-bond acceptors (Lipinski definition) is 3. The van der Waals surface area contributed by atoms with Crippen molar-refractivity contribution in [2.24, 2.45) is 22.1 Å². The van der Waals surface area contributed by atoms with Crippen molar-refractivity contribution < 1.29 is 0 Å². The molecule has 0 aromatic heterocycles. The zero-order valence-electron chi connectivity index (χ0n) is 14.1. The zero-order chi connectivity index (χ0) is 15.0. The van der Waals surface area contributed by atoms with Gasteiger partial charge in [0.15, 0.2) is 5.96 Å². The number of rotatable bonds is 4. The Bertz CT molecular complexity index is 364. The Labute approximate surface area is 125 Å². The molecule has 1 aliphatic carbocycles.